The second-order valence-corrected chi connectivity index (χ2v) is 5.82. The van der Waals surface area contributed by atoms with Gasteiger partial charge in [-0.2, -0.15) is 0 Å². The third-order valence-electron chi connectivity index (χ3n) is 3.84. The molecular weight excluding hydrogens is 228 g/mol. The van der Waals surface area contributed by atoms with Gasteiger partial charge in [0.25, 0.3) is 0 Å². The van der Waals surface area contributed by atoms with E-state index in [1.807, 2.05) is 11.3 Å². The molecule has 0 saturated heterocycles. The minimum Gasteiger partial charge on any atom is -0.329 e. The van der Waals surface area contributed by atoms with Gasteiger partial charge in [-0.05, 0) is 37.8 Å². The van der Waals surface area contributed by atoms with Crippen molar-refractivity contribution in [1.29, 1.82) is 0 Å². The van der Waals surface area contributed by atoms with Gasteiger partial charge in [0.2, 0.25) is 0 Å². The Morgan fingerprint density at radius 1 is 1.41 bits per heavy atom. The molecule has 98 valence electrons. The van der Waals surface area contributed by atoms with E-state index in [9.17, 15) is 0 Å². The van der Waals surface area contributed by atoms with Crippen LogP contribution < -0.4 is 5.73 Å². The molecule has 1 aromatic rings. The van der Waals surface area contributed by atoms with E-state index in [-0.39, 0.29) is 5.54 Å². The summed E-state index contributed by atoms with van der Waals surface area (Å²) in [6, 6.07) is 4.34. The Morgan fingerprint density at radius 2 is 2.18 bits per heavy atom. The Labute approximate surface area is 110 Å². The standard InChI is InChI=1S/C14H26N2S/c1-4-9-14(5-2,12-15)16(3)10-8-13-7-6-11-17-13/h6-7,11H,4-5,8-10,12,15H2,1-3H3. The lowest BCUT2D eigenvalue weighted by Crippen LogP contribution is -2.52. The molecule has 2 N–H and O–H groups in total. The molecule has 1 rings (SSSR count). The number of thiophene rings is 1. The van der Waals surface area contributed by atoms with E-state index in [1.54, 1.807) is 0 Å². The average molecular weight is 254 g/mol. The van der Waals surface area contributed by atoms with E-state index in [4.69, 9.17) is 5.73 Å². The van der Waals surface area contributed by atoms with Gasteiger partial charge < -0.3 is 5.73 Å². The fourth-order valence-corrected chi connectivity index (χ4v) is 3.17. The maximum atomic E-state index is 6.02. The van der Waals surface area contributed by atoms with E-state index < -0.39 is 0 Å². The summed E-state index contributed by atoms with van der Waals surface area (Å²) in [6.07, 6.45) is 4.67. The number of rotatable bonds is 8. The number of hydrogen-bond acceptors (Lipinski definition) is 3. The van der Waals surface area contributed by atoms with Gasteiger partial charge in [-0.3, -0.25) is 4.90 Å². The van der Waals surface area contributed by atoms with Gasteiger partial charge in [0, 0.05) is 23.5 Å². The van der Waals surface area contributed by atoms with E-state index in [0.717, 1.165) is 25.9 Å². The highest BCUT2D eigenvalue weighted by molar-refractivity contribution is 7.09. The lowest BCUT2D eigenvalue weighted by Gasteiger charge is -2.40. The van der Waals surface area contributed by atoms with Crippen LogP contribution in [0.15, 0.2) is 17.5 Å². The highest BCUT2D eigenvalue weighted by atomic mass is 32.1. The molecule has 1 aromatic heterocycles. The average Bonchev–Trinajstić information content (AvgIpc) is 2.86. The Bertz CT molecular complexity index is 291. The topological polar surface area (TPSA) is 29.3 Å². The Morgan fingerprint density at radius 3 is 2.65 bits per heavy atom. The van der Waals surface area contributed by atoms with E-state index in [1.165, 1.54) is 17.7 Å². The first-order valence-electron chi connectivity index (χ1n) is 6.62. The van der Waals surface area contributed by atoms with Crippen LogP contribution in [-0.4, -0.2) is 30.6 Å². The first-order chi connectivity index (χ1) is 8.18. The van der Waals surface area contributed by atoms with Crippen LogP contribution in [0.25, 0.3) is 0 Å². The fourth-order valence-electron chi connectivity index (χ4n) is 2.48. The first kappa shape index (κ1) is 14.7. The zero-order valence-electron chi connectivity index (χ0n) is 11.4. The molecular formula is C14H26N2S. The van der Waals surface area contributed by atoms with Gasteiger partial charge >= 0.3 is 0 Å². The van der Waals surface area contributed by atoms with Gasteiger partial charge in [0.15, 0.2) is 0 Å². The van der Waals surface area contributed by atoms with Crippen molar-refractivity contribution >= 4 is 11.3 Å². The summed E-state index contributed by atoms with van der Waals surface area (Å²) in [4.78, 5) is 3.94. The normalized spacial score (nSPS) is 15.1. The van der Waals surface area contributed by atoms with Crippen molar-refractivity contribution in [3.05, 3.63) is 22.4 Å². The largest absolute Gasteiger partial charge is 0.329 e. The van der Waals surface area contributed by atoms with Gasteiger partial charge in [0.05, 0.1) is 0 Å². The van der Waals surface area contributed by atoms with Gasteiger partial charge in [-0.15, -0.1) is 11.3 Å². The summed E-state index contributed by atoms with van der Waals surface area (Å²) >= 11 is 1.85. The second-order valence-electron chi connectivity index (χ2n) is 4.78. The van der Waals surface area contributed by atoms with Crippen LogP contribution in [0, 0.1) is 0 Å². The quantitative estimate of drug-likeness (QED) is 0.772. The lowest BCUT2D eigenvalue weighted by molar-refractivity contribution is 0.111. The van der Waals surface area contributed by atoms with Crippen LogP contribution >= 0.6 is 11.3 Å². The zero-order valence-corrected chi connectivity index (χ0v) is 12.2. The summed E-state index contributed by atoms with van der Waals surface area (Å²) in [7, 11) is 2.22. The van der Waals surface area contributed by atoms with Crippen molar-refractivity contribution in [2.24, 2.45) is 5.73 Å². The van der Waals surface area contributed by atoms with Crippen molar-refractivity contribution in [2.75, 3.05) is 20.1 Å². The van der Waals surface area contributed by atoms with Gasteiger partial charge in [-0.1, -0.05) is 26.3 Å². The monoisotopic (exact) mass is 254 g/mol. The maximum Gasteiger partial charge on any atom is 0.0326 e. The van der Waals surface area contributed by atoms with Gasteiger partial charge in [0.1, 0.15) is 0 Å². The molecule has 0 amide bonds. The number of hydrogen-bond donors (Lipinski definition) is 1. The zero-order chi connectivity index (χ0) is 12.7. The van der Waals surface area contributed by atoms with Gasteiger partial charge in [-0.25, -0.2) is 0 Å². The predicted molar refractivity (Wildman–Crippen MR) is 77.6 cm³/mol. The summed E-state index contributed by atoms with van der Waals surface area (Å²) in [5.41, 5.74) is 6.22. The third-order valence-corrected chi connectivity index (χ3v) is 4.77. The Hall–Kier alpha value is -0.380. The Kier molecular flexibility index (Phi) is 6.17. The maximum absolute atomic E-state index is 6.02. The summed E-state index contributed by atoms with van der Waals surface area (Å²) in [5, 5.41) is 2.15. The molecule has 2 nitrogen and oxygen atoms in total. The molecule has 1 atom stereocenters. The van der Waals surface area contributed by atoms with Crippen LogP contribution in [0.3, 0.4) is 0 Å². The SMILES string of the molecule is CCCC(CC)(CN)N(C)CCc1cccs1. The number of nitrogens with two attached hydrogens (primary N) is 1. The highest BCUT2D eigenvalue weighted by Crippen LogP contribution is 2.24. The van der Waals surface area contributed by atoms with E-state index >= 15 is 0 Å². The minimum absolute atomic E-state index is 0.200. The third kappa shape index (κ3) is 3.80. The van der Waals surface area contributed by atoms with Crippen molar-refractivity contribution < 1.29 is 0 Å². The van der Waals surface area contributed by atoms with Crippen LogP contribution in [0.4, 0.5) is 0 Å². The fraction of sp³-hybridized carbons (Fsp3) is 0.714. The van der Waals surface area contributed by atoms with E-state index in [2.05, 4.69) is 43.3 Å². The van der Waals surface area contributed by atoms with Crippen LogP contribution in [0.1, 0.15) is 38.0 Å². The predicted octanol–water partition coefficient (Wildman–Crippen LogP) is 3.13. The molecule has 0 radical (unpaired) electrons. The van der Waals surface area contributed by atoms with Crippen molar-refractivity contribution in [3.63, 3.8) is 0 Å². The molecule has 0 aromatic carbocycles. The van der Waals surface area contributed by atoms with Crippen LogP contribution in [0.2, 0.25) is 0 Å². The minimum atomic E-state index is 0.200. The molecule has 3 heteroatoms. The van der Waals surface area contributed by atoms with E-state index in [0.29, 0.717) is 0 Å². The number of nitrogens with zero attached hydrogens (tertiary/aromatic N) is 1. The number of likely N-dealkylation sites (N-methyl/N-ethyl adjacent to an activating group) is 1. The molecule has 0 fully saturated rings. The Balaban J connectivity index is 2.55. The summed E-state index contributed by atoms with van der Waals surface area (Å²) < 4.78 is 0. The molecule has 0 spiro atoms. The van der Waals surface area contributed by atoms with Crippen molar-refractivity contribution in [2.45, 2.75) is 45.1 Å². The molecule has 1 unspecified atom stereocenters. The summed E-state index contributed by atoms with van der Waals surface area (Å²) in [6.45, 7) is 6.36. The van der Waals surface area contributed by atoms with Crippen LogP contribution in [-0.2, 0) is 6.42 Å². The molecule has 1 heterocycles. The molecule has 0 aliphatic heterocycles. The molecule has 17 heavy (non-hydrogen) atoms. The lowest BCUT2D eigenvalue weighted by atomic mass is 9.89. The van der Waals surface area contributed by atoms with Crippen molar-refractivity contribution in [3.8, 4) is 0 Å². The smallest absolute Gasteiger partial charge is 0.0326 e. The first-order valence-corrected chi connectivity index (χ1v) is 7.50. The molecule has 0 saturated carbocycles. The molecule has 0 bridgehead atoms. The summed E-state index contributed by atoms with van der Waals surface area (Å²) in [5.74, 6) is 0. The molecule has 0 aliphatic rings. The van der Waals surface area contributed by atoms with Crippen molar-refractivity contribution in [1.82, 2.24) is 4.90 Å². The molecule has 0 aliphatic carbocycles. The highest BCUT2D eigenvalue weighted by Gasteiger charge is 2.29. The van der Waals surface area contributed by atoms with Crippen LogP contribution in [0.5, 0.6) is 0 Å². The second kappa shape index (κ2) is 7.14.